The van der Waals surface area contributed by atoms with Gasteiger partial charge in [0.15, 0.2) is 0 Å². The first kappa shape index (κ1) is 17.3. The number of carbonyl (C=O) groups excluding carboxylic acids is 1. The number of rotatable bonds is 3. The van der Waals surface area contributed by atoms with Crippen molar-refractivity contribution in [2.24, 2.45) is 0 Å². The second-order valence-corrected chi connectivity index (χ2v) is 6.07. The first-order chi connectivity index (χ1) is 11.8. The van der Waals surface area contributed by atoms with E-state index in [2.05, 4.69) is 10.6 Å². The number of anilines is 1. The molecular weight excluding hydrogens is 333 g/mol. The van der Waals surface area contributed by atoms with Gasteiger partial charge in [0, 0.05) is 5.69 Å². The predicted octanol–water partition coefficient (Wildman–Crippen LogP) is 3.66. The van der Waals surface area contributed by atoms with Crippen molar-refractivity contribution in [1.82, 2.24) is 5.32 Å². The number of alkyl halides is 3. The number of hydrogen-bond acceptors (Lipinski definition) is 2. The molecule has 132 valence electrons. The normalized spacial score (nSPS) is 19.4. The zero-order valence-corrected chi connectivity index (χ0v) is 13.2. The molecule has 1 atom stereocenters. The SMILES string of the molecule is O=C(NCC1(O)CCc2ccccc21)Nc1cccc(C(F)(F)F)c1. The summed E-state index contributed by atoms with van der Waals surface area (Å²) in [5, 5.41) is 15.6. The van der Waals surface area contributed by atoms with Crippen molar-refractivity contribution in [2.75, 3.05) is 11.9 Å². The molecule has 3 N–H and O–H groups in total. The molecule has 1 aliphatic carbocycles. The molecule has 2 aromatic rings. The molecule has 0 heterocycles. The standard InChI is InChI=1S/C18H17F3N2O2/c19-18(20,21)13-5-3-6-14(10-13)23-16(24)22-11-17(25)9-8-12-4-1-2-7-15(12)17/h1-7,10,25H,8-9,11H2,(H2,22,23,24). The minimum atomic E-state index is -4.48. The number of urea groups is 1. The Hall–Kier alpha value is -2.54. The zero-order valence-electron chi connectivity index (χ0n) is 13.2. The molecule has 1 aliphatic rings. The van der Waals surface area contributed by atoms with Crippen LogP contribution in [-0.4, -0.2) is 17.7 Å². The average Bonchev–Trinajstić information content (AvgIpc) is 2.91. The number of carbonyl (C=O) groups is 1. The molecular formula is C18H17F3N2O2. The van der Waals surface area contributed by atoms with Crippen LogP contribution in [0, 0.1) is 0 Å². The second kappa shape index (κ2) is 6.40. The molecule has 7 heteroatoms. The molecule has 0 aliphatic heterocycles. The van der Waals surface area contributed by atoms with E-state index in [1.807, 2.05) is 24.3 Å². The Kier molecular flexibility index (Phi) is 4.43. The van der Waals surface area contributed by atoms with Crippen LogP contribution in [0.3, 0.4) is 0 Å². The molecule has 0 fully saturated rings. The lowest BCUT2D eigenvalue weighted by Gasteiger charge is -2.24. The predicted molar refractivity (Wildman–Crippen MR) is 87.1 cm³/mol. The fraction of sp³-hybridized carbons (Fsp3) is 0.278. The van der Waals surface area contributed by atoms with Crippen LogP contribution in [0.15, 0.2) is 48.5 Å². The average molecular weight is 350 g/mol. The highest BCUT2D eigenvalue weighted by molar-refractivity contribution is 5.89. The maximum atomic E-state index is 12.7. The Morgan fingerprint density at radius 3 is 2.68 bits per heavy atom. The Morgan fingerprint density at radius 2 is 1.92 bits per heavy atom. The van der Waals surface area contributed by atoms with Crippen LogP contribution in [0.1, 0.15) is 23.1 Å². The Morgan fingerprint density at radius 1 is 1.16 bits per heavy atom. The maximum Gasteiger partial charge on any atom is 0.416 e. The van der Waals surface area contributed by atoms with E-state index in [-0.39, 0.29) is 12.2 Å². The van der Waals surface area contributed by atoms with Crippen LogP contribution in [0.25, 0.3) is 0 Å². The van der Waals surface area contributed by atoms with Crippen LogP contribution in [0.4, 0.5) is 23.7 Å². The summed E-state index contributed by atoms with van der Waals surface area (Å²) in [6, 6.07) is 11.2. The monoisotopic (exact) mass is 350 g/mol. The van der Waals surface area contributed by atoms with Crippen molar-refractivity contribution < 1.29 is 23.1 Å². The van der Waals surface area contributed by atoms with Gasteiger partial charge in [0.05, 0.1) is 12.1 Å². The van der Waals surface area contributed by atoms with Crippen LogP contribution in [-0.2, 0) is 18.2 Å². The van der Waals surface area contributed by atoms with Crippen molar-refractivity contribution >= 4 is 11.7 Å². The summed E-state index contributed by atoms with van der Waals surface area (Å²) < 4.78 is 38.1. The third-order valence-electron chi connectivity index (χ3n) is 4.32. The van der Waals surface area contributed by atoms with Crippen molar-refractivity contribution in [3.8, 4) is 0 Å². The van der Waals surface area contributed by atoms with E-state index in [4.69, 9.17) is 0 Å². The Balaban J connectivity index is 1.63. The molecule has 0 bridgehead atoms. The number of fused-ring (bicyclic) bond motifs is 1. The van der Waals surface area contributed by atoms with Gasteiger partial charge in [0.25, 0.3) is 0 Å². The van der Waals surface area contributed by atoms with Gasteiger partial charge in [-0.2, -0.15) is 13.2 Å². The minimum Gasteiger partial charge on any atom is -0.383 e. The highest BCUT2D eigenvalue weighted by Crippen LogP contribution is 2.36. The summed E-state index contributed by atoms with van der Waals surface area (Å²) >= 11 is 0. The quantitative estimate of drug-likeness (QED) is 0.791. The maximum absolute atomic E-state index is 12.7. The minimum absolute atomic E-state index is 0.0190. The molecule has 2 amide bonds. The molecule has 0 saturated heterocycles. The lowest BCUT2D eigenvalue weighted by molar-refractivity contribution is -0.137. The van der Waals surface area contributed by atoms with Crippen LogP contribution in [0.5, 0.6) is 0 Å². The lowest BCUT2D eigenvalue weighted by Crippen LogP contribution is -2.41. The van der Waals surface area contributed by atoms with Gasteiger partial charge in [-0.05, 0) is 42.2 Å². The van der Waals surface area contributed by atoms with Gasteiger partial charge in [0.1, 0.15) is 5.60 Å². The van der Waals surface area contributed by atoms with E-state index >= 15 is 0 Å². The fourth-order valence-electron chi connectivity index (χ4n) is 3.03. The summed E-state index contributed by atoms with van der Waals surface area (Å²) in [5.74, 6) is 0. The summed E-state index contributed by atoms with van der Waals surface area (Å²) in [6.45, 7) is -0.0190. The number of nitrogens with one attached hydrogen (secondary N) is 2. The highest BCUT2D eigenvalue weighted by atomic mass is 19.4. The molecule has 1 unspecified atom stereocenters. The number of hydrogen-bond donors (Lipinski definition) is 3. The fourth-order valence-corrected chi connectivity index (χ4v) is 3.03. The summed E-state index contributed by atoms with van der Waals surface area (Å²) in [5.41, 5.74) is -0.166. The topological polar surface area (TPSA) is 61.4 Å². The molecule has 4 nitrogen and oxygen atoms in total. The lowest BCUT2D eigenvalue weighted by atomic mass is 9.96. The number of halogens is 3. The van der Waals surface area contributed by atoms with Crippen molar-refractivity contribution in [1.29, 1.82) is 0 Å². The first-order valence-corrected chi connectivity index (χ1v) is 7.81. The molecule has 0 spiro atoms. The Bertz CT molecular complexity index is 792. The molecule has 0 radical (unpaired) electrons. The molecule has 25 heavy (non-hydrogen) atoms. The zero-order chi connectivity index (χ0) is 18.1. The smallest absolute Gasteiger partial charge is 0.383 e. The Labute approximate surface area is 142 Å². The largest absolute Gasteiger partial charge is 0.416 e. The molecule has 0 aromatic heterocycles. The van der Waals surface area contributed by atoms with Gasteiger partial charge in [-0.25, -0.2) is 4.79 Å². The van der Waals surface area contributed by atoms with E-state index in [0.29, 0.717) is 12.8 Å². The third kappa shape index (κ3) is 3.76. The summed E-state index contributed by atoms with van der Waals surface area (Å²) in [6.07, 6.45) is -3.28. The molecule has 0 saturated carbocycles. The van der Waals surface area contributed by atoms with E-state index in [0.717, 1.165) is 23.3 Å². The number of amides is 2. The summed E-state index contributed by atoms with van der Waals surface area (Å²) in [7, 11) is 0. The van der Waals surface area contributed by atoms with Crippen LogP contribution < -0.4 is 10.6 Å². The van der Waals surface area contributed by atoms with Crippen molar-refractivity contribution in [3.63, 3.8) is 0 Å². The third-order valence-corrected chi connectivity index (χ3v) is 4.32. The van der Waals surface area contributed by atoms with E-state index in [1.165, 1.54) is 12.1 Å². The van der Waals surface area contributed by atoms with E-state index in [1.54, 1.807) is 0 Å². The van der Waals surface area contributed by atoms with Gasteiger partial charge in [-0.3, -0.25) is 0 Å². The van der Waals surface area contributed by atoms with Crippen LogP contribution in [0.2, 0.25) is 0 Å². The van der Waals surface area contributed by atoms with Gasteiger partial charge < -0.3 is 15.7 Å². The van der Waals surface area contributed by atoms with Crippen molar-refractivity contribution in [2.45, 2.75) is 24.6 Å². The van der Waals surface area contributed by atoms with Gasteiger partial charge >= 0.3 is 12.2 Å². The second-order valence-electron chi connectivity index (χ2n) is 6.07. The molecule has 2 aromatic carbocycles. The van der Waals surface area contributed by atoms with Gasteiger partial charge in [-0.15, -0.1) is 0 Å². The number of aliphatic hydroxyl groups is 1. The van der Waals surface area contributed by atoms with Gasteiger partial charge in [-0.1, -0.05) is 30.3 Å². The van der Waals surface area contributed by atoms with E-state index < -0.39 is 23.4 Å². The van der Waals surface area contributed by atoms with Crippen molar-refractivity contribution in [3.05, 3.63) is 65.2 Å². The van der Waals surface area contributed by atoms with Gasteiger partial charge in [0.2, 0.25) is 0 Å². The summed E-state index contributed by atoms with van der Waals surface area (Å²) in [4.78, 5) is 12.0. The number of aryl methyl sites for hydroxylation is 1. The molecule has 3 rings (SSSR count). The first-order valence-electron chi connectivity index (χ1n) is 7.81. The van der Waals surface area contributed by atoms with Crippen LogP contribution >= 0.6 is 0 Å². The van der Waals surface area contributed by atoms with E-state index in [9.17, 15) is 23.1 Å². The number of benzene rings is 2. The highest BCUT2D eigenvalue weighted by Gasteiger charge is 2.36.